The molecule has 2 aromatic carbocycles. The van der Waals surface area contributed by atoms with Crippen LogP contribution in [0.25, 0.3) is 11.6 Å². The zero-order valence-electron chi connectivity index (χ0n) is 12.6. The van der Waals surface area contributed by atoms with Gasteiger partial charge in [-0.2, -0.15) is 0 Å². The monoisotopic (exact) mass is 313 g/mol. The Morgan fingerprint density at radius 3 is 2.48 bits per heavy atom. The SMILES string of the molecule is Cc1ccc(C)c(/C(=C/c2ccc(O)c([N+](=O)[O-])c2)C(=O)O)c1. The van der Waals surface area contributed by atoms with Crippen molar-refractivity contribution in [2.24, 2.45) is 0 Å². The minimum absolute atomic E-state index is 0.0335. The number of benzene rings is 2. The van der Waals surface area contributed by atoms with Crippen LogP contribution in [0.1, 0.15) is 22.3 Å². The molecule has 2 N–H and O–H groups in total. The van der Waals surface area contributed by atoms with Gasteiger partial charge in [0, 0.05) is 6.07 Å². The van der Waals surface area contributed by atoms with E-state index < -0.39 is 22.3 Å². The summed E-state index contributed by atoms with van der Waals surface area (Å²) in [6.45, 7) is 3.65. The van der Waals surface area contributed by atoms with Crippen molar-refractivity contribution in [1.29, 1.82) is 0 Å². The van der Waals surface area contributed by atoms with Gasteiger partial charge in [-0.1, -0.05) is 29.8 Å². The van der Waals surface area contributed by atoms with Crippen molar-refractivity contribution in [3.05, 3.63) is 68.8 Å². The first-order valence-electron chi connectivity index (χ1n) is 6.79. The maximum atomic E-state index is 11.6. The van der Waals surface area contributed by atoms with Crippen molar-refractivity contribution in [2.45, 2.75) is 13.8 Å². The Morgan fingerprint density at radius 2 is 1.87 bits per heavy atom. The van der Waals surface area contributed by atoms with Crippen LogP contribution in [0.5, 0.6) is 5.75 Å². The van der Waals surface area contributed by atoms with Crippen LogP contribution in [0.4, 0.5) is 5.69 Å². The topological polar surface area (TPSA) is 101 Å². The molecule has 2 rings (SSSR count). The molecule has 0 aliphatic heterocycles. The number of rotatable bonds is 4. The molecule has 0 saturated heterocycles. The van der Waals surface area contributed by atoms with Crippen LogP contribution in [0.3, 0.4) is 0 Å². The van der Waals surface area contributed by atoms with Crippen LogP contribution >= 0.6 is 0 Å². The number of carboxylic acid groups (broad SMARTS) is 1. The van der Waals surface area contributed by atoms with Gasteiger partial charge in [0.05, 0.1) is 10.5 Å². The summed E-state index contributed by atoms with van der Waals surface area (Å²) in [7, 11) is 0. The van der Waals surface area contributed by atoms with Crippen LogP contribution in [0.15, 0.2) is 36.4 Å². The average molecular weight is 313 g/mol. The lowest BCUT2D eigenvalue weighted by Gasteiger charge is -2.08. The van der Waals surface area contributed by atoms with Crippen molar-refractivity contribution < 1.29 is 19.9 Å². The number of phenolic OH excluding ortho intramolecular Hbond substituents is 1. The van der Waals surface area contributed by atoms with Gasteiger partial charge in [-0.3, -0.25) is 10.1 Å². The standard InChI is InChI=1S/C17H15NO5/c1-10-3-4-11(2)13(7-10)14(17(20)21)8-12-5-6-16(19)15(9-12)18(22)23/h3-9,19H,1-2H3,(H,20,21)/b14-8-. The largest absolute Gasteiger partial charge is 0.502 e. The predicted octanol–water partition coefficient (Wildman–Crippen LogP) is 3.54. The van der Waals surface area contributed by atoms with Crippen LogP contribution in [-0.2, 0) is 4.79 Å². The Kier molecular flexibility index (Phi) is 4.45. The van der Waals surface area contributed by atoms with E-state index in [9.17, 15) is 25.1 Å². The van der Waals surface area contributed by atoms with E-state index in [4.69, 9.17) is 0 Å². The number of phenols is 1. The maximum Gasteiger partial charge on any atom is 0.336 e. The number of aliphatic carboxylic acids is 1. The van der Waals surface area contributed by atoms with Gasteiger partial charge in [0.25, 0.3) is 0 Å². The van der Waals surface area contributed by atoms with Crippen molar-refractivity contribution >= 4 is 23.3 Å². The zero-order valence-corrected chi connectivity index (χ0v) is 12.6. The Hall–Kier alpha value is -3.15. The summed E-state index contributed by atoms with van der Waals surface area (Å²) in [5, 5.41) is 29.8. The summed E-state index contributed by atoms with van der Waals surface area (Å²) < 4.78 is 0. The third kappa shape index (κ3) is 3.55. The molecular formula is C17H15NO5. The summed E-state index contributed by atoms with van der Waals surface area (Å²) in [6, 6.07) is 9.20. The van der Waals surface area contributed by atoms with Gasteiger partial charge < -0.3 is 10.2 Å². The molecule has 2 aromatic rings. The molecule has 0 radical (unpaired) electrons. The van der Waals surface area contributed by atoms with E-state index >= 15 is 0 Å². The van der Waals surface area contributed by atoms with Crippen molar-refractivity contribution in [3.63, 3.8) is 0 Å². The highest BCUT2D eigenvalue weighted by Crippen LogP contribution is 2.29. The second-order valence-electron chi connectivity index (χ2n) is 5.19. The van der Waals surface area contributed by atoms with E-state index in [0.717, 1.165) is 17.2 Å². The molecule has 0 atom stereocenters. The molecule has 0 amide bonds. The van der Waals surface area contributed by atoms with Gasteiger partial charge in [-0.15, -0.1) is 0 Å². The highest BCUT2D eigenvalue weighted by molar-refractivity contribution is 6.21. The number of nitrogens with zero attached hydrogens (tertiary/aromatic N) is 1. The maximum absolute atomic E-state index is 11.6. The summed E-state index contributed by atoms with van der Waals surface area (Å²) in [5.74, 6) is -1.59. The Morgan fingerprint density at radius 1 is 1.17 bits per heavy atom. The van der Waals surface area contributed by atoms with Crippen LogP contribution in [0, 0.1) is 24.0 Å². The van der Waals surface area contributed by atoms with Crippen molar-refractivity contribution in [3.8, 4) is 5.75 Å². The molecule has 0 unspecified atom stereocenters. The third-order valence-electron chi connectivity index (χ3n) is 3.42. The van der Waals surface area contributed by atoms with E-state index in [-0.39, 0.29) is 5.57 Å². The number of aromatic hydroxyl groups is 1. The molecule has 0 aliphatic carbocycles. The summed E-state index contributed by atoms with van der Waals surface area (Å²) >= 11 is 0. The number of nitro benzene ring substituents is 1. The Bertz CT molecular complexity index is 824. The fourth-order valence-corrected chi connectivity index (χ4v) is 2.22. The molecule has 0 aliphatic rings. The first kappa shape index (κ1) is 16.2. The lowest BCUT2D eigenvalue weighted by Crippen LogP contribution is -2.02. The molecule has 0 saturated carbocycles. The summed E-state index contributed by atoms with van der Waals surface area (Å²) in [4.78, 5) is 21.8. The first-order chi connectivity index (χ1) is 10.8. The number of carboxylic acids is 1. The molecule has 6 heteroatoms. The summed E-state index contributed by atoms with van der Waals surface area (Å²) in [5.41, 5.74) is 2.14. The minimum atomic E-state index is -1.13. The fourth-order valence-electron chi connectivity index (χ4n) is 2.22. The molecule has 23 heavy (non-hydrogen) atoms. The molecule has 0 bridgehead atoms. The normalized spacial score (nSPS) is 11.3. The smallest absolute Gasteiger partial charge is 0.336 e. The van der Waals surface area contributed by atoms with Gasteiger partial charge in [0.2, 0.25) is 0 Å². The van der Waals surface area contributed by atoms with Gasteiger partial charge in [-0.05, 0) is 42.7 Å². The number of hydrogen-bond acceptors (Lipinski definition) is 4. The van der Waals surface area contributed by atoms with Gasteiger partial charge in [0.15, 0.2) is 5.75 Å². The molecular weight excluding hydrogens is 298 g/mol. The lowest BCUT2D eigenvalue weighted by molar-refractivity contribution is -0.385. The molecule has 118 valence electrons. The van der Waals surface area contributed by atoms with E-state index in [1.54, 1.807) is 13.0 Å². The van der Waals surface area contributed by atoms with E-state index in [0.29, 0.717) is 11.1 Å². The van der Waals surface area contributed by atoms with Crippen LogP contribution in [0.2, 0.25) is 0 Å². The second-order valence-corrected chi connectivity index (χ2v) is 5.19. The van der Waals surface area contributed by atoms with Crippen molar-refractivity contribution in [1.82, 2.24) is 0 Å². The average Bonchev–Trinajstić information content (AvgIpc) is 2.48. The van der Waals surface area contributed by atoms with Crippen molar-refractivity contribution in [2.75, 3.05) is 0 Å². The number of aryl methyl sites for hydroxylation is 2. The predicted molar refractivity (Wildman–Crippen MR) is 86.2 cm³/mol. The zero-order chi connectivity index (χ0) is 17.1. The molecule has 6 nitrogen and oxygen atoms in total. The van der Waals surface area contributed by atoms with Gasteiger partial charge in [-0.25, -0.2) is 4.79 Å². The van der Waals surface area contributed by atoms with Gasteiger partial charge in [0.1, 0.15) is 0 Å². The Labute approximate surface area is 132 Å². The minimum Gasteiger partial charge on any atom is -0.502 e. The quantitative estimate of drug-likeness (QED) is 0.389. The van der Waals surface area contributed by atoms with Crippen LogP contribution < -0.4 is 0 Å². The third-order valence-corrected chi connectivity index (χ3v) is 3.42. The van der Waals surface area contributed by atoms with E-state index in [1.807, 2.05) is 19.1 Å². The second kappa shape index (κ2) is 6.31. The fraction of sp³-hybridized carbons (Fsp3) is 0.118. The summed E-state index contributed by atoms with van der Waals surface area (Å²) in [6.07, 6.45) is 1.36. The molecule has 0 heterocycles. The highest BCUT2D eigenvalue weighted by atomic mass is 16.6. The van der Waals surface area contributed by atoms with Gasteiger partial charge >= 0.3 is 11.7 Å². The highest BCUT2D eigenvalue weighted by Gasteiger charge is 2.16. The number of carbonyl (C=O) groups is 1. The molecule has 0 fully saturated rings. The lowest BCUT2D eigenvalue weighted by atomic mass is 9.96. The molecule has 0 aromatic heterocycles. The Balaban J connectivity index is 2.60. The first-order valence-corrected chi connectivity index (χ1v) is 6.79. The van der Waals surface area contributed by atoms with E-state index in [1.165, 1.54) is 18.2 Å². The number of nitro groups is 1. The molecule has 0 spiro atoms. The number of hydrogen-bond donors (Lipinski definition) is 2. The van der Waals surface area contributed by atoms with Crippen LogP contribution in [-0.4, -0.2) is 21.1 Å². The van der Waals surface area contributed by atoms with E-state index in [2.05, 4.69) is 0 Å².